The molecule has 21 heavy (non-hydrogen) atoms. The number of hydrogen-bond acceptors (Lipinski definition) is 2. The van der Waals surface area contributed by atoms with Gasteiger partial charge < -0.3 is 5.32 Å². The third-order valence-corrected chi connectivity index (χ3v) is 3.60. The van der Waals surface area contributed by atoms with Crippen LogP contribution in [0.2, 0.25) is 0 Å². The number of ketones is 1. The van der Waals surface area contributed by atoms with E-state index < -0.39 is 0 Å². The number of nitrogens with one attached hydrogen (secondary N) is 1. The Bertz CT molecular complexity index is 775. The second-order valence-electron chi connectivity index (χ2n) is 5.17. The number of hydrogen-bond donors (Lipinski definition) is 1. The Kier molecular flexibility index (Phi) is 3.69. The number of carbonyl (C=O) groups is 1. The zero-order valence-electron chi connectivity index (χ0n) is 12.0. The Morgan fingerprint density at radius 2 is 1.62 bits per heavy atom. The molecule has 0 bridgehead atoms. The molecule has 0 heterocycles. The minimum absolute atomic E-state index is 0.0936. The third-order valence-electron chi connectivity index (χ3n) is 3.60. The van der Waals surface area contributed by atoms with Crippen molar-refractivity contribution in [2.75, 3.05) is 5.32 Å². The van der Waals surface area contributed by atoms with Crippen molar-refractivity contribution in [1.29, 1.82) is 0 Å². The molecule has 0 spiro atoms. The van der Waals surface area contributed by atoms with Crippen LogP contribution in [0.4, 0.5) is 5.69 Å². The van der Waals surface area contributed by atoms with Crippen LogP contribution in [0.25, 0.3) is 10.8 Å². The second-order valence-corrected chi connectivity index (χ2v) is 5.17. The van der Waals surface area contributed by atoms with Crippen LogP contribution in [0.1, 0.15) is 22.8 Å². The summed E-state index contributed by atoms with van der Waals surface area (Å²) in [7, 11) is 0. The maximum Gasteiger partial charge on any atom is 0.159 e. The molecule has 0 aliphatic heterocycles. The summed E-state index contributed by atoms with van der Waals surface area (Å²) in [5, 5.41) is 5.89. The summed E-state index contributed by atoms with van der Waals surface area (Å²) in [4.78, 5) is 11.2. The first-order chi connectivity index (χ1) is 10.2. The van der Waals surface area contributed by atoms with E-state index in [9.17, 15) is 4.79 Å². The molecule has 3 rings (SSSR count). The predicted molar refractivity (Wildman–Crippen MR) is 87.7 cm³/mol. The van der Waals surface area contributed by atoms with Crippen molar-refractivity contribution in [2.24, 2.45) is 0 Å². The number of rotatable bonds is 4. The summed E-state index contributed by atoms with van der Waals surface area (Å²) in [6.07, 6.45) is 0. The Morgan fingerprint density at radius 1 is 0.905 bits per heavy atom. The van der Waals surface area contributed by atoms with E-state index in [1.54, 1.807) is 6.92 Å². The predicted octanol–water partition coefficient (Wildman–Crippen LogP) is 4.65. The largest absolute Gasteiger partial charge is 0.381 e. The first-order valence-corrected chi connectivity index (χ1v) is 7.05. The van der Waals surface area contributed by atoms with E-state index in [1.807, 2.05) is 24.3 Å². The minimum atomic E-state index is 0.0936. The quantitative estimate of drug-likeness (QED) is 0.702. The van der Waals surface area contributed by atoms with Crippen LogP contribution in [0, 0.1) is 0 Å². The van der Waals surface area contributed by atoms with Gasteiger partial charge in [0.1, 0.15) is 0 Å². The molecule has 0 saturated carbocycles. The van der Waals surface area contributed by atoms with Crippen molar-refractivity contribution in [1.82, 2.24) is 0 Å². The zero-order valence-corrected chi connectivity index (χ0v) is 12.0. The smallest absolute Gasteiger partial charge is 0.159 e. The van der Waals surface area contributed by atoms with Crippen LogP contribution in [-0.2, 0) is 6.54 Å². The number of benzene rings is 3. The lowest BCUT2D eigenvalue weighted by Gasteiger charge is -2.08. The maximum atomic E-state index is 11.2. The van der Waals surface area contributed by atoms with Gasteiger partial charge in [0, 0.05) is 17.8 Å². The molecule has 0 unspecified atom stereocenters. The lowest BCUT2D eigenvalue weighted by molar-refractivity contribution is 0.101. The molecule has 0 amide bonds. The second kappa shape index (κ2) is 5.80. The molecule has 3 aromatic carbocycles. The summed E-state index contributed by atoms with van der Waals surface area (Å²) in [5.41, 5.74) is 3.00. The third kappa shape index (κ3) is 3.11. The molecule has 0 atom stereocenters. The lowest BCUT2D eigenvalue weighted by Crippen LogP contribution is -2.00. The normalized spacial score (nSPS) is 10.5. The summed E-state index contributed by atoms with van der Waals surface area (Å²) in [6, 6.07) is 22.4. The van der Waals surface area contributed by atoms with Gasteiger partial charge >= 0.3 is 0 Å². The van der Waals surface area contributed by atoms with Crippen LogP contribution in [0.15, 0.2) is 66.7 Å². The Balaban J connectivity index is 1.72. The molecule has 1 N–H and O–H groups in total. The Labute approximate surface area is 124 Å². The van der Waals surface area contributed by atoms with E-state index in [1.165, 1.54) is 16.3 Å². The van der Waals surface area contributed by atoms with Gasteiger partial charge in [0.15, 0.2) is 5.78 Å². The maximum absolute atomic E-state index is 11.2. The van der Waals surface area contributed by atoms with Crippen LogP contribution in [-0.4, -0.2) is 5.78 Å². The van der Waals surface area contributed by atoms with Crippen molar-refractivity contribution >= 4 is 22.2 Å². The van der Waals surface area contributed by atoms with Crippen molar-refractivity contribution < 1.29 is 4.79 Å². The first-order valence-electron chi connectivity index (χ1n) is 7.05. The summed E-state index contributed by atoms with van der Waals surface area (Å²) in [5.74, 6) is 0.0936. The topological polar surface area (TPSA) is 29.1 Å². The highest BCUT2D eigenvalue weighted by Gasteiger charge is 2.00. The number of fused-ring (bicyclic) bond motifs is 1. The van der Waals surface area contributed by atoms with Crippen LogP contribution >= 0.6 is 0 Å². The van der Waals surface area contributed by atoms with E-state index in [4.69, 9.17) is 0 Å². The fraction of sp³-hybridized carbons (Fsp3) is 0.105. The molecule has 2 heteroatoms. The molecule has 104 valence electrons. The zero-order chi connectivity index (χ0) is 14.7. The lowest BCUT2D eigenvalue weighted by atomic mass is 10.1. The number of Topliss-reactive ketones (excluding diaryl/α,β-unsaturated/α-hetero) is 1. The molecular formula is C19H17NO. The van der Waals surface area contributed by atoms with Crippen LogP contribution < -0.4 is 5.32 Å². The fourth-order valence-corrected chi connectivity index (χ4v) is 2.38. The minimum Gasteiger partial charge on any atom is -0.381 e. The van der Waals surface area contributed by atoms with Gasteiger partial charge in [-0.1, -0.05) is 36.4 Å². The van der Waals surface area contributed by atoms with Gasteiger partial charge in [-0.25, -0.2) is 0 Å². The molecule has 0 fully saturated rings. The molecule has 0 aliphatic rings. The number of carbonyl (C=O) groups excluding carboxylic acids is 1. The van der Waals surface area contributed by atoms with Crippen molar-refractivity contribution in [2.45, 2.75) is 13.5 Å². The van der Waals surface area contributed by atoms with Gasteiger partial charge in [0.05, 0.1) is 0 Å². The van der Waals surface area contributed by atoms with Crippen LogP contribution in [0.5, 0.6) is 0 Å². The summed E-state index contributed by atoms with van der Waals surface area (Å²) >= 11 is 0. The van der Waals surface area contributed by atoms with E-state index >= 15 is 0 Å². The molecule has 0 aromatic heterocycles. The monoisotopic (exact) mass is 275 g/mol. The van der Waals surface area contributed by atoms with Crippen molar-refractivity contribution in [3.8, 4) is 0 Å². The Morgan fingerprint density at radius 3 is 2.33 bits per heavy atom. The standard InChI is InChI=1S/C19H17NO/c1-14(21)16-8-10-19(11-9-16)20-13-15-6-7-17-4-2-3-5-18(17)12-15/h2-12,20H,13H2,1H3. The highest BCUT2D eigenvalue weighted by atomic mass is 16.1. The highest BCUT2D eigenvalue weighted by molar-refractivity contribution is 5.94. The van der Waals surface area contributed by atoms with Gasteiger partial charge in [-0.05, 0) is 53.6 Å². The van der Waals surface area contributed by atoms with E-state index in [0.717, 1.165) is 17.8 Å². The summed E-state index contributed by atoms with van der Waals surface area (Å²) < 4.78 is 0. The average molecular weight is 275 g/mol. The van der Waals surface area contributed by atoms with Crippen molar-refractivity contribution in [3.63, 3.8) is 0 Å². The molecule has 0 saturated heterocycles. The SMILES string of the molecule is CC(=O)c1ccc(NCc2ccc3ccccc3c2)cc1. The van der Waals surface area contributed by atoms with Gasteiger partial charge in [-0.15, -0.1) is 0 Å². The summed E-state index contributed by atoms with van der Waals surface area (Å²) in [6.45, 7) is 2.35. The van der Waals surface area contributed by atoms with Crippen molar-refractivity contribution in [3.05, 3.63) is 77.9 Å². The van der Waals surface area contributed by atoms with Gasteiger partial charge in [0.2, 0.25) is 0 Å². The first kappa shape index (κ1) is 13.4. The molecule has 2 nitrogen and oxygen atoms in total. The van der Waals surface area contributed by atoms with E-state index in [0.29, 0.717) is 0 Å². The van der Waals surface area contributed by atoms with Gasteiger partial charge in [0.25, 0.3) is 0 Å². The average Bonchev–Trinajstić information content (AvgIpc) is 2.53. The van der Waals surface area contributed by atoms with Gasteiger partial charge in [-0.2, -0.15) is 0 Å². The molecule has 3 aromatic rings. The highest BCUT2D eigenvalue weighted by Crippen LogP contribution is 2.17. The molecular weight excluding hydrogens is 258 g/mol. The van der Waals surface area contributed by atoms with Crippen LogP contribution in [0.3, 0.4) is 0 Å². The fourth-order valence-electron chi connectivity index (χ4n) is 2.38. The van der Waals surface area contributed by atoms with Gasteiger partial charge in [-0.3, -0.25) is 4.79 Å². The molecule has 0 radical (unpaired) electrons. The Hall–Kier alpha value is -2.61. The van der Waals surface area contributed by atoms with E-state index in [-0.39, 0.29) is 5.78 Å². The van der Waals surface area contributed by atoms with E-state index in [2.05, 4.69) is 47.8 Å². The number of anilines is 1. The molecule has 0 aliphatic carbocycles.